The van der Waals surface area contributed by atoms with Crippen LogP contribution in [0.4, 0.5) is 0 Å². The maximum atomic E-state index is 12.2. The zero-order valence-electron chi connectivity index (χ0n) is 12.0. The maximum Gasteiger partial charge on any atom is 0.243 e. The second-order valence-corrected chi connectivity index (χ2v) is 7.38. The molecule has 6 nitrogen and oxygen atoms in total. The summed E-state index contributed by atoms with van der Waals surface area (Å²) in [6.45, 7) is 3.59. The molecule has 112 valence electrons. The molecule has 0 fully saturated rings. The van der Waals surface area contributed by atoms with Gasteiger partial charge in [-0.05, 0) is 26.0 Å². The quantitative estimate of drug-likeness (QED) is 0.782. The van der Waals surface area contributed by atoms with Crippen molar-refractivity contribution < 1.29 is 13.2 Å². The summed E-state index contributed by atoms with van der Waals surface area (Å²) in [5.41, 5.74) is 5.21. The molecule has 0 aliphatic carbocycles. The summed E-state index contributed by atoms with van der Waals surface area (Å²) in [5, 5.41) is 2.61. The number of nitrogens with two attached hydrogens (primary N) is 1. The first-order valence-electron chi connectivity index (χ1n) is 6.20. The van der Waals surface area contributed by atoms with Crippen LogP contribution in [0.1, 0.15) is 13.8 Å². The number of nitrogens with one attached hydrogen (secondary N) is 1. The van der Waals surface area contributed by atoms with E-state index >= 15 is 0 Å². The Morgan fingerprint density at radius 3 is 2.35 bits per heavy atom. The lowest BCUT2D eigenvalue weighted by Gasteiger charge is -2.21. The number of carbonyl (C=O) groups is 1. The van der Waals surface area contributed by atoms with Gasteiger partial charge in [-0.2, -0.15) is 4.31 Å². The molecule has 0 bridgehead atoms. The standard InChI is InChI=1S/C13H21N3O3S/c1-13(2,14)10-15-12(17)9-16(3)20(18,19)11-7-5-4-6-8-11/h4-8H,9-10,14H2,1-3H3,(H,15,17). The van der Waals surface area contributed by atoms with Crippen LogP contribution in [0.3, 0.4) is 0 Å². The highest BCUT2D eigenvalue weighted by atomic mass is 32.2. The first-order valence-corrected chi connectivity index (χ1v) is 7.64. The third-order valence-electron chi connectivity index (χ3n) is 2.56. The van der Waals surface area contributed by atoms with Crippen molar-refractivity contribution in [3.63, 3.8) is 0 Å². The highest BCUT2D eigenvalue weighted by Crippen LogP contribution is 2.12. The molecule has 0 radical (unpaired) electrons. The zero-order chi connectivity index (χ0) is 15.4. The minimum atomic E-state index is -3.65. The van der Waals surface area contributed by atoms with E-state index in [-0.39, 0.29) is 23.9 Å². The van der Waals surface area contributed by atoms with Crippen LogP contribution in [0.25, 0.3) is 0 Å². The number of benzene rings is 1. The van der Waals surface area contributed by atoms with E-state index in [1.807, 2.05) is 0 Å². The molecule has 1 aromatic rings. The molecule has 1 amide bonds. The fraction of sp³-hybridized carbons (Fsp3) is 0.462. The van der Waals surface area contributed by atoms with Crippen LogP contribution in [0.15, 0.2) is 35.2 Å². The molecule has 0 saturated heterocycles. The number of rotatable bonds is 6. The van der Waals surface area contributed by atoms with Gasteiger partial charge in [-0.1, -0.05) is 18.2 Å². The van der Waals surface area contributed by atoms with Gasteiger partial charge in [-0.15, -0.1) is 0 Å². The van der Waals surface area contributed by atoms with E-state index in [0.717, 1.165) is 4.31 Å². The number of carbonyl (C=O) groups excluding carboxylic acids is 1. The number of hydrogen-bond acceptors (Lipinski definition) is 4. The molecule has 0 spiro atoms. The molecular weight excluding hydrogens is 278 g/mol. The van der Waals surface area contributed by atoms with E-state index in [0.29, 0.717) is 0 Å². The lowest BCUT2D eigenvalue weighted by atomic mass is 10.1. The van der Waals surface area contributed by atoms with E-state index in [4.69, 9.17) is 5.73 Å². The van der Waals surface area contributed by atoms with Crippen LogP contribution < -0.4 is 11.1 Å². The lowest BCUT2D eigenvalue weighted by molar-refractivity contribution is -0.121. The average molecular weight is 299 g/mol. The number of amides is 1. The van der Waals surface area contributed by atoms with Gasteiger partial charge in [0.2, 0.25) is 15.9 Å². The molecule has 0 saturated carbocycles. The molecule has 1 aromatic carbocycles. The second kappa shape index (κ2) is 6.34. The normalized spacial score (nSPS) is 12.4. The molecule has 0 unspecified atom stereocenters. The molecule has 7 heteroatoms. The highest BCUT2D eigenvalue weighted by molar-refractivity contribution is 7.89. The summed E-state index contributed by atoms with van der Waals surface area (Å²) in [4.78, 5) is 11.9. The van der Waals surface area contributed by atoms with E-state index in [9.17, 15) is 13.2 Å². The Hall–Kier alpha value is -1.44. The largest absolute Gasteiger partial charge is 0.353 e. The van der Waals surface area contributed by atoms with Gasteiger partial charge in [-0.3, -0.25) is 4.79 Å². The molecule has 0 heterocycles. The van der Waals surface area contributed by atoms with Gasteiger partial charge >= 0.3 is 0 Å². The predicted octanol–water partition coefficient (Wildman–Crippen LogP) is 0.161. The van der Waals surface area contributed by atoms with Crippen molar-refractivity contribution in [3.8, 4) is 0 Å². The smallest absolute Gasteiger partial charge is 0.243 e. The summed E-state index contributed by atoms with van der Waals surface area (Å²) in [7, 11) is -2.28. The van der Waals surface area contributed by atoms with Gasteiger partial charge in [0, 0.05) is 19.1 Å². The molecule has 0 aliphatic rings. The Kier molecular flexibility index (Phi) is 5.27. The number of hydrogen-bond donors (Lipinski definition) is 2. The van der Waals surface area contributed by atoms with Crippen LogP contribution in [0, 0.1) is 0 Å². The average Bonchev–Trinajstić information content (AvgIpc) is 2.36. The highest BCUT2D eigenvalue weighted by Gasteiger charge is 2.23. The van der Waals surface area contributed by atoms with Gasteiger partial charge in [0.25, 0.3) is 0 Å². The van der Waals surface area contributed by atoms with Gasteiger partial charge in [0.05, 0.1) is 11.4 Å². The van der Waals surface area contributed by atoms with Gasteiger partial charge in [0.1, 0.15) is 0 Å². The van der Waals surface area contributed by atoms with Gasteiger partial charge < -0.3 is 11.1 Å². The predicted molar refractivity (Wildman–Crippen MR) is 77.5 cm³/mol. The number of likely N-dealkylation sites (N-methyl/N-ethyl adjacent to an activating group) is 1. The van der Waals surface area contributed by atoms with Crippen molar-refractivity contribution in [2.24, 2.45) is 5.73 Å². The van der Waals surface area contributed by atoms with E-state index in [1.165, 1.54) is 19.2 Å². The first-order chi connectivity index (χ1) is 9.13. The van der Waals surface area contributed by atoms with E-state index in [1.54, 1.807) is 32.0 Å². The summed E-state index contributed by atoms with van der Waals surface area (Å²) < 4.78 is 25.4. The van der Waals surface area contributed by atoms with Crippen molar-refractivity contribution in [3.05, 3.63) is 30.3 Å². The molecule has 20 heavy (non-hydrogen) atoms. The molecular formula is C13H21N3O3S. The Labute approximate surface area is 120 Å². The molecule has 3 N–H and O–H groups in total. The molecule has 0 atom stereocenters. The van der Waals surface area contributed by atoms with Crippen LogP contribution in [-0.2, 0) is 14.8 Å². The maximum absolute atomic E-state index is 12.2. The van der Waals surface area contributed by atoms with Crippen molar-refractivity contribution >= 4 is 15.9 Å². The number of sulfonamides is 1. The lowest BCUT2D eigenvalue weighted by Crippen LogP contribution is -2.47. The van der Waals surface area contributed by atoms with E-state index < -0.39 is 15.6 Å². The summed E-state index contributed by atoms with van der Waals surface area (Å²) in [6.07, 6.45) is 0. The Morgan fingerprint density at radius 1 is 1.30 bits per heavy atom. The van der Waals surface area contributed by atoms with Gasteiger partial charge in [-0.25, -0.2) is 8.42 Å². The molecule has 1 rings (SSSR count). The Bertz CT molecular complexity index is 550. The molecule has 0 aromatic heterocycles. The number of nitrogens with zero attached hydrogens (tertiary/aromatic N) is 1. The van der Waals surface area contributed by atoms with Crippen molar-refractivity contribution in [1.82, 2.24) is 9.62 Å². The Morgan fingerprint density at radius 2 is 1.85 bits per heavy atom. The third kappa shape index (κ3) is 4.92. The summed E-state index contributed by atoms with van der Waals surface area (Å²) in [6, 6.07) is 7.99. The molecule has 0 aliphatic heterocycles. The fourth-order valence-corrected chi connectivity index (χ4v) is 2.59. The topological polar surface area (TPSA) is 92.5 Å². The van der Waals surface area contributed by atoms with Crippen molar-refractivity contribution in [1.29, 1.82) is 0 Å². The monoisotopic (exact) mass is 299 g/mol. The van der Waals surface area contributed by atoms with E-state index in [2.05, 4.69) is 5.32 Å². The van der Waals surface area contributed by atoms with Crippen LogP contribution in [0.2, 0.25) is 0 Å². The third-order valence-corrected chi connectivity index (χ3v) is 4.38. The minimum absolute atomic E-state index is 0.162. The fourth-order valence-electron chi connectivity index (χ4n) is 1.44. The van der Waals surface area contributed by atoms with Crippen molar-refractivity contribution in [2.45, 2.75) is 24.3 Å². The SMILES string of the molecule is CN(CC(=O)NCC(C)(C)N)S(=O)(=O)c1ccccc1. The first kappa shape index (κ1) is 16.6. The summed E-state index contributed by atoms with van der Waals surface area (Å²) in [5.74, 6) is -0.384. The minimum Gasteiger partial charge on any atom is -0.353 e. The van der Waals surface area contributed by atoms with Crippen LogP contribution in [0.5, 0.6) is 0 Å². The Balaban J connectivity index is 2.67. The summed E-state index contributed by atoms with van der Waals surface area (Å²) >= 11 is 0. The van der Waals surface area contributed by atoms with Crippen LogP contribution >= 0.6 is 0 Å². The van der Waals surface area contributed by atoms with Gasteiger partial charge in [0.15, 0.2) is 0 Å². The zero-order valence-corrected chi connectivity index (χ0v) is 12.8. The van der Waals surface area contributed by atoms with Crippen LogP contribution in [-0.4, -0.2) is 44.3 Å². The van der Waals surface area contributed by atoms with Crippen molar-refractivity contribution in [2.75, 3.05) is 20.1 Å². The second-order valence-electron chi connectivity index (χ2n) is 5.34.